The molecule has 1 saturated heterocycles. The van der Waals surface area contributed by atoms with Gasteiger partial charge in [0.15, 0.2) is 0 Å². The minimum absolute atomic E-state index is 0.0735. The molecule has 0 saturated carbocycles. The number of hydrogen-bond acceptors (Lipinski definition) is 1. The van der Waals surface area contributed by atoms with Crippen LogP contribution in [0.2, 0.25) is 0 Å². The quantitative estimate of drug-likeness (QED) is 0.826. The highest BCUT2D eigenvalue weighted by atomic mass is 16.2. The standard InChI is InChI=1S/C20H24N2O/c23-20(21-15-7-11-17-9-3-1-4-10-17)22-16-8-14-19(22)18-12-5-2-6-13-18/h1-6,9-10,12-13,19H,7-8,11,14-16H2,(H,21,23)/t19-/m1/s1. The topological polar surface area (TPSA) is 32.3 Å². The Morgan fingerprint density at radius 2 is 1.74 bits per heavy atom. The first kappa shape index (κ1) is 15.6. The summed E-state index contributed by atoms with van der Waals surface area (Å²) in [5, 5.41) is 3.08. The Morgan fingerprint density at radius 1 is 1.04 bits per heavy atom. The van der Waals surface area contributed by atoms with E-state index >= 15 is 0 Å². The van der Waals surface area contributed by atoms with Gasteiger partial charge in [0.1, 0.15) is 0 Å². The number of nitrogens with zero attached hydrogens (tertiary/aromatic N) is 1. The summed E-state index contributed by atoms with van der Waals surface area (Å²) < 4.78 is 0. The van der Waals surface area contributed by atoms with Gasteiger partial charge in [0, 0.05) is 13.1 Å². The molecule has 0 bridgehead atoms. The second kappa shape index (κ2) is 7.82. The smallest absolute Gasteiger partial charge is 0.317 e. The maximum atomic E-state index is 12.5. The lowest BCUT2D eigenvalue weighted by molar-refractivity contribution is 0.193. The molecule has 1 atom stereocenters. The van der Waals surface area contributed by atoms with E-state index < -0.39 is 0 Å². The number of benzene rings is 2. The lowest BCUT2D eigenvalue weighted by Gasteiger charge is -2.25. The zero-order valence-corrected chi connectivity index (χ0v) is 13.4. The zero-order chi connectivity index (χ0) is 15.9. The molecule has 3 heteroatoms. The first-order valence-corrected chi connectivity index (χ1v) is 8.48. The van der Waals surface area contributed by atoms with Crippen molar-refractivity contribution in [3.63, 3.8) is 0 Å². The molecule has 3 nitrogen and oxygen atoms in total. The second-order valence-electron chi connectivity index (χ2n) is 6.08. The lowest BCUT2D eigenvalue weighted by atomic mass is 10.1. The van der Waals surface area contributed by atoms with Crippen molar-refractivity contribution in [2.45, 2.75) is 31.7 Å². The predicted octanol–water partition coefficient (Wildman–Crippen LogP) is 4.17. The predicted molar refractivity (Wildman–Crippen MR) is 93.3 cm³/mol. The highest BCUT2D eigenvalue weighted by Crippen LogP contribution is 2.31. The van der Waals surface area contributed by atoms with Gasteiger partial charge in [-0.3, -0.25) is 0 Å². The summed E-state index contributed by atoms with van der Waals surface area (Å²) in [6, 6.07) is 21.1. The van der Waals surface area contributed by atoms with Gasteiger partial charge in [-0.15, -0.1) is 0 Å². The highest BCUT2D eigenvalue weighted by Gasteiger charge is 2.29. The van der Waals surface area contributed by atoms with E-state index in [4.69, 9.17) is 0 Å². The minimum atomic E-state index is 0.0735. The molecule has 0 aromatic heterocycles. The first-order chi connectivity index (χ1) is 11.3. The van der Waals surface area contributed by atoms with E-state index in [9.17, 15) is 4.79 Å². The Balaban J connectivity index is 1.48. The minimum Gasteiger partial charge on any atom is -0.338 e. The Labute approximate surface area is 138 Å². The van der Waals surface area contributed by atoms with Crippen molar-refractivity contribution >= 4 is 6.03 Å². The van der Waals surface area contributed by atoms with Gasteiger partial charge < -0.3 is 10.2 Å². The van der Waals surface area contributed by atoms with E-state index in [0.29, 0.717) is 0 Å². The Kier molecular flexibility index (Phi) is 5.30. The van der Waals surface area contributed by atoms with Crippen LogP contribution in [0.25, 0.3) is 0 Å². The molecule has 0 aliphatic carbocycles. The summed E-state index contributed by atoms with van der Waals surface area (Å²) in [6.07, 6.45) is 4.11. The van der Waals surface area contributed by atoms with E-state index in [0.717, 1.165) is 38.8 Å². The van der Waals surface area contributed by atoms with Gasteiger partial charge in [-0.25, -0.2) is 4.79 Å². The number of hydrogen-bond donors (Lipinski definition) is 1. The highest BCUT2D eigenvalue weighted by molar-refractivity contribution is 5.75. The van der Waals surface area contributed by atoms with E-state index in [1.165, 1.54) is 11.1 Å². The van der Waals surface area contributed by atoms with E-state index in [-0.39, 0.29) is 12.1 Å². The van der Waals surface area contributed by atoms with Gasteiger partial charge in [-0.2, -0.15) is 0 Å². The molecule has 23 heavy (non-hydrogen) atoms. The number of amides is 2. The maximum absolute atomic E-state index is 12.5. The summed E-state index contributed by atoms with van der Waals surface area (Å²) in [5.41, 5.74) is 2.56. The SMILES string of the molecule is O=C(NCCCc1ccccc1)N1CCC[C@@H]1c1ccccc1. The van der Waals surface area contributed by atoms with Crippen LogP contribution < -0.4 is 5.32 Å². The van der Waals surface area contributed by atoms with Crippen LogP contribution in [0.3, 0.4) is 0 Å². The number of nitrogens with one attached hydrogen (secondary N) is 1. The van der Waals surface area contributed by atoms with Crippen LogP contribution in [0.1, 0.15) is 36.4 Å². The van der Waals surface area contributed by atoms with Crippen LogP contribution in [0.4, 0.5) is 4.79 Å². The summed E-state index contributed by atoms with van der Waals surface area (Å²) in [6.45, 7) is 1.58. The molecule has 3 rings (SSSR count). The fraction of sp³-hybridized carbons (Fsp3) is 0.350. The van der Waals surface area contributed by atoms with E-state index in [1.807, 2.05) is 29.2 Å². The molecule has 2 aromatic rings. The Bertz CT molecular complexity index is 612. The third-order valence-electron chi connectivity index (χ3n) is 4.46. The first-order valence-electron chi connectivity index (χ1n) is 8.48. The van der Waals surface area contributed by atoms with Crippen molar-refractivity contribution in [1.82, 2.24) is 10.2 Å². The molecule has 1 N–H and O–H groups in total. The lowest BCUT2D eigenvalue weighted by Crippen LogP contribution is -2.39. The molecular formula is C20H24N2O. The average Bonchev–Trinajstić information content (AvgIpc) is 3.10. The van der Waals surface area contributed by atoms with Crippen molar-refractivity contribution in [1.29, 1.82) is 0 Å². The summed E-state index contributed by atoms with van der Waals surface area (Å²) in [7, 11) is 0. The van der Waals surface area contributed by atoms with E-state index in [2.05, 4.69) is 41.7 Å². The van der Waals surface area contributed by atoms with Gasteiger partial charge in [0.25, 0.3) is 0 Å². The van der Waals surface area contributed by atoms with Crippen LogP contribution in [-0.4, -0.2) is 24.0 Å². The van der Waals surface area contributed by atoms with Crippen LogP contribution in [0.15, 0.2) is 60.7 Å². The molecule has 1 fully saturated rings. The molecule has 2 aromatic carbocycles. The van der Waals surface area contributed by atoms with Crippen molar-refractivity contribution in [3.05, 3.63) is 71.8 Å². The summed E-state index contributed by atoms with van der Waals surface area (Å²) >= 11 is 0. The van der Waals surface area contributed by atoms with Gasteiger partial charge >= 0.3 is 6.03 Å². The monoisotopic (exact) mass is 308 g/mol. The molecule has 1 aliphatic heterocycles. The molecule has 0 unspecified atom stereocenters. The number of likely N-dealkylation sites (tertiary alicyclic amines) is 1. The normalized spacial score (nSPS) is 17.2. The average molecular weight is 308 g/mol. The molecule has 1 heterocycles. The number of urea groups is 1. The fourth-order valence-electron chi connectivity index (χ4n) is 3.27. The summed E-state index contributed by atoms with van der Waals surface area (Å²) in [4.78, 5) is 14.4. The number of carbonyl (C=O) groups excluding carboxylic acids is 1. The van der Waals surface area contributed by atoms with Crippen LogP contribution in [0, 0.1) is 0 Å². The third kappa shape index (κ3) is 4.13. The molecule has 1 aliphatic rings. The van der Waals surface area contributed by atoms with Crippen molar-refractivity contribution < 1.29 is 4.79 Å². The van der Waals surface area contributed by atoms with Crippen LogP contribution in [0.5, 0.6) is 0 Å². The largest absolute Gasteiger partial charge is 0.338 e. The number of aryl methyl sites for hydroxylation is 1. The molecular weight excluding hydrogens is 284 g/mol. The molecule has 0 spiro atoms. The van der Waals surface area contributed by atoms with Gasteiger partial charge in [0.05, 0.1) is 6.04 Å². The fourth-order valence-corrected chi connectivity index (χ4v) is 3.27. The Hall–Kier alpha value is -2.29. The van der Waals surface area contributed by atoms with Crippen molar-refractivity contribution in [3.8, 4) is 0 Å². The molecule has 2 amide bonds. The molecule has 120 valence electrons. The zero-order valence-electron chi connectivity index (χ0n) is 13.4. The summed E-state index contributed by atoms with van der Waals surface area (Å²) in [5.74, 6) is 0. The van der Waals surface area contributed by atoms with Crippen LogP contribution in [-0.2, 0) is 6.42 Å². The van der Waals surface area contributed by atoms with E-state index in [1.54, 1.807) is 0 Å². The van der Waals surface area contributed by atoms with Gasteiger partial charge in [-0.05, 0) is 36.8 Å². The van der Waals surface area contributed by atoms with Crippen molar-refractivity contribution in [2.24, 2.45) is 0 Å². The number of rotatable bonds is 5. The molecule has 0 radical (unpaired) electrons. The second-order valence-corrected chi connectivity index (χ2v) is 6.08. The number of carbonyl (C=O) groups is 1. The Morgan fingerprint density at radius 3 is 2.48 bits per heavy atom. The third-order valence-corrected chi connectivity index (χ3v) is 4.46. The van der Waals surface area contributed by atoms with Gasteiger partial charge in [-0.1, -0.05) is 60.7 Å². The van der Waals surface area contributed by atoms with Crippen LogP contribution >= 0.6 is 0 Å². The van der Waals surface area contributed by atoms with Crippen molar-refractivity contribution in [2.75, 3.05) is 13.1 Å². The maximum Gasteiger partial charge on any atom is 0.317 e. The van der Waals surface area contributed by atoms with Gasteiger partial charge in [0.2, 0.25) is 0 Å².